The lowest BCUT2D eigenvalue weighted by Crippen LogP contribution is -2.38. The van der Waals surface area contributed by atoms with Crippen molar-refractivity contribution in [2.45, 2.75) is 26.2 Å². The molecule has 4 rings (SSSR count). The van der Waals surface area contributed by atoms with E-state index in [1.807, 2.05) is 55.3 Å². The quantitative estimate of drug-likeness (QED) is 0.737. The number of likely N-dealkylation sites (tertiary alicyclic amines) is 1. The fourth-order valence-electron chi connectivity index (χ4n) is 4.19. The van der Waals surface area contributed by atoms with E-state index in [9.17, 15) is 4.79 Å². The highest BCUT2D eigenvalue weighted by atomic mass is 16.2. The van der Waals surface area contributed by atoms with Crippen LogP contribution < -0.4 is 5.32 Å². The summed E-state index contributed by atoms with van der Waals surface area (Å²) in [6.45, 7) is 4.76. The zero-order chi connectivity index (χ0) is 19.5. The van der Waals surface area contributed by atoms with Crippen LogP contribution in [-0.2, 0) is 0 Å². The number of piperidine rings is 1. The molecule has 5 heteroatoms. The molecule has 1 fully saturated rings. The minimum atomic E-state index is 0.126. The van der Waals surface area contributed by atoms with Gasteiger partial charge in [-0.05, 0) is 76.0 Å². The molecule has 28 heavy (non-hydrogen) atoms. The number of carbonyl (C=O) groups excluding carboxylic acids is 1. The molecule has 1 aliphatic rings. The second kappa shape index (κ2) is 8.15. The van der Waals surface area contributed by atoms with Gasteiger partial charge in [-0.25, -0.2) is 4.98 Å². The number of benzene rings is 2. The van der Waals surface area contributed by atoms with E-state index in [1.165, 1.54) is 6.42 Å². The van der Waals surface area contributed by atoms with Gasteiger partial charge in [0.05, 0.1) is 11.0 Å². The normalized spacial score (nSPS) is 15.3. The minimum absolute atomic E-state index is 0.126. The molecule has 1 aliphatic heterocycles. The van der Waals surface area contributed by atoms with Crippen molar-refractivity contribution in [3.63, 3.8) is 0 Å². The van der Waals surface area contributed by atoms with Crippen molar-refractivity contribution in [2.75, 3.05) is 26.7 Å². The molecule has 0 spiro atoms. The van der Waals surface area contributed by atoms with Gasteiger partial charge in [0, 0.05) is 24.3 Å². The Labute approximate surface area is 166 Å². The van der Waals surface area contributed by atoms with E-state index in [1.54, 1.807) is 0 Å². The molecule has 0 bridgehead atoms. The van der Waals surface area contributed by atoms with E-state index in [2.05, 4.69) is 22.0 Å². The Bertz CT molecular complexity index is 955. The highest BCUT2D eigenvalue weighted by molar-refractivity contribution is 5.97. The van der Waals surface area contributed by atoms with E-state index < -0.39 is 0 Å². The van der Waals surface area contributed by atoms with Crippen molar-refractivity contribution in [1.82, 2.24) is 19.8 Å². The largest absolute Gasteiger partial charge is 0.339 e. The van der Waals surface area contributed by atoms with Crippen molar-refractivity contribution < 1.29 is 4.79 Å². The lowest BCUT2D eigenvalue weighted by atomic mass is 9.93. The first-order valence-electron chi connectivity index (χ1n) is 10.2. The van der Waals surface area contributed by atoms with Crippen LogP contribution in [0.15, 0.2) is 48.5 Å². The molecule has 1 saturated heterocycles. The first-order valence-corrected chi connectivity index (χ1v) is 10.2. The van der Waals surface area contributed by atoms with E-state index in [0.29, 0.717) is 0 Å². The van der Waals surface area contributed by atoms with Gasteiger partial charge >= 0.3 is 0 Å². The summed E-state index contributed by atoms with van der Waals surface area (Å²) in [6.07, 6.45) is 3.38. The Morgan fingerprint density at radius 2 is 1.89 bits per heavy atom. The second-order valence-electron chi connectivity index (χ2n) is 7.66. The summed E-state index contributed by atoms with van der Waals surface area (Å²) < 4.78 is 2.14. The summed E-state index contributed by atoms with van der Waals surface area (Å²) in [4.78, 5) is 19.7. The number of nitrogens with one attached hydrogen (secondary N) is 1. The lowest BCUT2D eigenvalue weighted by Gasteiger charge is -2.32. The van der Waals surface area contributed by atoms with E-state index >= 15 is 0 Å². The predicted molar refractivity (Wildman–Crippen MR) is 113 cm³/mol. The number of aromatic nitrogens is 2. The van der Waals surface area contributed by atoms with Gasteiger partial charge in [-0.15, -0.1) is 0 Å². The molecule has 2 aromatic carbocycles. The van der Waals surface area contributed by atoms with Crippen molar-refractivity contribution >= 4 is 16.9 Å². The Hall–Kier alpha value is -2.66. The van der Waals surface area contributed by atoms with Crippen LogP contribution in [0.2, 0.25) is 0 Å². The molecule has 0 radical (unpaired) electrons. The zero-order valence-corrected chi connectivity index (χ0v) is 16.7. The molecule has 1 aromatic heterocycles. The molecule has 1 amide bonds. The molecule has 1 N–H and O–H groups in total. The Morgan fingerprint density at radius 1 is 1.14 bits per heavy atom. The van der Waals surface area contributed by atoms with Gasteiger partial charge in [0.1, 0.15) is 5.82 Å². The molecule has 146 valence electrons. The minimum Gasteiger partial charge on any atom is -0.339 e. The fraction of sp³-hybridized carbons (Fsp3) is 0.391. The summed E-state index contributed by atoms with van der Waals surface area (Å²) in [5.41, 5.74) is 3.73. The first kappa shape index (κ1) is 18.7. The SMILES string of the molecule is CNCCC1CCN(C(=O)c2ccc3c(c2)nc(C)n3-c2ccccc2)CC1. The van der Waals surface area contributed by atoms with Crippen LogP contribution in [0.5, 0.6) is 0 Å². The summed E-state index contributed by atoms with van der Waals surface area (Å²) >= 11 is 0. The number of carbonyl (C=O) groups is 1. The van der Waals surface area contributed by atoms with Crippen LogP contribution in [0.4, 0.5) is 0 Å². The standard InChI is InChI=1S/C23H28N4O/c1-17-25-21-16-19(8-9-22(21)27(17)20-6-4-3-5-7-20)23(28)26-14-11-18(12-15-26)10-13-24-2/h3-9,16,18,24H,10-15H2,1-2H3. The van der Waals surface area contributed by atoms with Crippen molar-refractivity contribution in [3.05, 3.63) is 59.9 Å². The molecular formula is C23H28N4O. The first-order chi connectivity index (χ1) is 13.7. The van der Waals surface area contributed by atoms with Crippen molar-refractivity contribution in [3.8, 4) is 5.69 Å². The number of amides is 1. The molecular weight excluding hydrogens is 348 g/mol. The molecule has 3 aromatic rings. The molecule has 0 saturated carbocycles. The Kier molecular flexibility index (Phi) is 5.44. The van der Waals surface area contributed by atoms with Gasteiger partial charge in [0.15, 0.2) is 0 Å². The number of imidazole rings is 1. The molecule has 5 nitrogen and oxygen atoms in total. The maximum Gasteiger partial charge on any atom is 0.253 e. The van der Waals surface area contributed by atoms with E-state index in [0.717, 1.165) is 66.5 Å². The summed E-state index contributed by atoms with van der Waals surface area (Å²) in [7, 11) is 2.00. The van der Waals surface area contributed by atoms with E-state index in [-0.39, 0.29) is 5.91 Å². The number of hydrogen-bond acceptors (Lipinski definition) is 3. The smallest absolute Gasteiger partial charge is 0.253 e. The van der Waals surface area contributed by atoms with Crippen LogP contribution in [0, 0.1) is 12.8 Å². The number of para-hydroxylation sites is 1. The molecule has 2 heterocycles. The third kappa shape index (κ3) is 3.67. The molecule has 0 unspecified atom stereocenters. The highest BCUT2D eigenvalue weighted by Gasteiger charge is 2.24. The highest BCUT2D eigenvalue weighted by Crippen LogP contribution is 2.25. The van der Waals surface area contributed by atoms with Crippen LogP contribution in [0.25, 0.3) is 16.7 Å². The monoisotopic (exact) mass is 376 g/mol. The maximum absolute atomic E-state index is 13.0. The van der Waals surface area contributed by atoms with Gasteiger partial charge in [0.25, 0.3) is 5.91 Å². The fourth-order valence-corrected chi connectivity index (χ4v) is 4.19. The van der Waals surface area contributed by atoms with Gasteiger partial charge in [-0.3, -0.25) is 9.36 Å². The van der Waals surface area contributed by atoms with Crippen LogP contribution >= 0.6 is 0 Å². The number of rotatable bonds is 5. The zero-order valence-electron chi connectivity index (χ0n) is 16.7. The average Bonchev–Trinajstić information content (AvgIpc) is 3.07. The van der Waals surface area contributed by atoms with Crippen LogP contribution in [0.3, 0.4) is 0 Å². The Balaban J connectivity index is 1.53. The third-order valence-electron chi connectivity index (χ3n) is 5.79. The van der Waals surface area contributed by atoms with Crippen molar-refractivity contribution in [2.24, 2.45) is 5.92 Å². The lowest BCUT2D eigenvalue weighted by molar-refractivity contribution is 0.0687. The number of aryl methyl sites for hydroxylation is 1. The summed E-state index contributed by atoms with van der Waals surface area (Å²) in [5.74, 6) is 1.78. The van der Waals surface area contributed by atoms with E-state index in [4.69, 9.17) is 4.98 Å². The van der Waals surface area contributed by atoms with Gasteiger partial charge < -0.3 is 10.2 Å². The topological polar surface area (TPSA) is 50.2 Å². The molecule has 0 atom stereocenters. The van der Waals surface area contributed by atoms with Gasteiger partial charge in [-0.1, -0.05) is 18.2 Å². The average molecular weight is 377 g/mol. The predicted octanol–water partition coefficient (Wildman–Crippen LogP) is 3.80. The second-order valence-corrected chi connectivity index (χ2v) is 7.66. The van der Waals surface area contributed by atoms with Gasteiger partial charge in [-0.2, -0.15) is 0 Å². The number of hydrogen-bond donors (Lipinski definition) is 1. The van der Waals surface area contributed by atoms with Gasteiger partial charge in [0.2, 0.25) is 0 Å². The number of fused-ring (bicyclic) bond motifs is 1. The van der Waals surface area contributed by atoms with Crippen LogP contribution in [0.1, 0.15) is 35.4 Å². The third-order valence-corrected chi connectivity index (χ3v) is 5.79. The summed E-state index contributed by atoms with van der Waals surface area (Å²) in [5, 5.41) is 3.22. The molecule has 0 aliphatic carbocycles. The Morgan fingerprint density at radius 3 is 2.61 bits per heavy atom. The maximum atomic E-state index is 13.0. The summed E-state index contributed by atoms with van der Waals surface area (Å²) in [6, 6.07) is 16.1. The van der Waals surface area contributed by atoms with Crippen molar-refractivity contribution in [1.29, 1.82) is 0 Å². The van der Waals surface area contributed by atoms with Crippen LogP contribution in [-0.4, -0.2) is 47.0 Å². The number of nitrogens with zero attached hydrogens (tertiary/aromatic N) is 3.